The lowest BCUT2D eigenvalue weighted by Gasteiger charge is -2.45. The van der Waals surface area contributed by atoms with Crippen LogP contribution in [-0.4, -0.2) is 88.0 Å². The predicted octanol–water partition coefficient (Wildman–Crippen LogP) is 6.96. The molecule has 2 N–H and O–H groups in total. The van der Waals surface area contributed by atoms with Crippen molar-refractivity contribution in [1.29, 1.82) is 5.26 Å². The molecule has 4 atom stereocenters. The van der Waals surface area contributed by atoms with E-state index in [4.69, 9.17) is 10.5 Å². The van der Waals surface area contributed by atoms with Crippen LogP contribution in [-0.2, 0) is 11.0 Å². The highest BCUT2D eigenvalue weighted by atomic mass is 32.1. The monoisotopic (exact) mass is 763 g/mol. The van der Waals surface area contributed by atoms with E-state index < -0.39 is 58.2 Å². The van der Waals surface area contributed by atoms with Crippen LogP contribution in [0.15, 0.2) is 18.2 Å². The minimum atomic E-state index is -5.13. The molecule has 17 heteroatoms. The van der Waals surface area contributed by atoms with Gasteiger partial charge < -0.3 is 20.3 Å². The number of nitriles is 1. The Kier molecular flexibility index (Phi) is 9.40. The molecule has 3 aliphatic rings. The molecule has 1 amide bonds. The molecule has 3 fully saturated rings. The number of amides is 1. The number of hydrogen-bond acceptors (Lipinski definition) is 10. The van der Waals surface area contributed by atoms with Gasteiger partial charge in [0.05, 0.1) is 21.4 Å². The smallest absolute Gasteiger partial charge is 0.417 e. The Morgan fingerprint density at radius 1 is 1.19 bits per heavy atom. The van der Waals surface area contributed by atoms with Crippen molar-refractivity contribution < 1.29 is 35.9 Å². The van der Waals surface area contributed by atoms with Crippen molar-refractivity contribution in [3.05, 3.63) is 41.0 Å². The topological polar surface area (TPSA) is 112 Å². The number of thiophene rings is 1. The van der Waals surface area contributed by atoms with Crippen molar-refractivity contribution >= 4 is 61.7 Å². The van der Waals surface area contributed by atoms with Crippen LogP contribution in [0, 0.1) is 23.0 Å². The number of fused-ring (bicyclic) bond motifs is 3. The molecule has 0 aliphatic carbocycles. The van der Waals surface area contributed by atoms with Gasteiger partial charge in [0.1, 0.15) is 41.0 Å². The number of alkyl halides is 4. The van der Waals surface area contributed by atoms with E-state index in [1.807, 2.05) is 11.0 Å². The van der Waals surface area contributed by atoms with Crippen LogP contribution >= 0.6 is 24.0 Å². The fourth-order valence-electron chi connectivity index (χ4n) is 8.13. The molecule has 0 radical (unpaired) electrons. The van der Waals surface area contributed by atoms with Gasteiger partial charge >= 0.3 is 12.2 Å². The number of rotatable bonds is 7. The van der Waals surface area contributed by atoms with Gasteiger partial charge in [-0.2, -0.15) is 41.0 Å². The first kappa shape index (κ1) is 36.4. The number of aromatic nitrogens is 2. The second kappa shape index (κ2) is 13.4. The Hall–Kier alpha value is -4.01. The number of anilines is 2. The zero-order valence-corrected chi connectivity index (χ0v) is 29.9. The number of ether oxygens (including phenoxy) is 1. The van der Waals surface area contributed by atoms with Gasteiger partial charge in [0.25, 0.3) is 0 Å². The SMILES string of the molecule is C[C@@H]1CN(c2nc(OC[C@@]34CCCN3C[C@H](F)C4)nc3c(F)c(-c4ccc(F)c5sc(N)c(C#N)c45)c(C(F)(F)F)cc23)[C@@H](C)CN1C(=O)CCS. The van der Waals surface area contributed by atoms with Crippen molar-refractivity contribution in [1.82, 2.24) is 19.8 Å². The number of carbonyl (C=O) groups is 1. The van der Waals surface area contributed by atoms with Gasteiger partial charge in [-0.3, -0.25) is 9.69 Å². The summed E-state index contributed by atoms with van der Waals surface area (Å²) in [4.78, 5) is 27.2. The summed E-state index contributed by atoms with van der Waals surface area (Å²) >= 11 is 4.85. The molecular formula is C35H35F6N7O2S2. The Morgan fingerprint density at radius 3 is 2.67 bits per heavy atom. The maximum Gasteiger partial charge on any atom is 0.417 e. The summed E-state index contributed by atoms with van der Waals surface area (Å²) in [7, 11) is 0. The van der Waals surface area contributed by atoms with Gasteiger partial charge in [-0.15, -0.1) is 11.3 Å². The van der Waals surface area contributed by atoms with Crippen LogP contribution < -0.4 is 15.4 Å². The third-order valence-corrected chi connectivity index (χ3v) is 11.8. The van der Waals surface area contributed by atoms with Crippen molar-refractivity contribution in [3.8, 4) is 23.2 Å². The molecule has 2 aromatic carbocycles. The lowest BCUT2D eigenvalue weighted by molar-refractivity contribution is -0.137. The van der Waals surface area contributed by atoms with Crippen molar-refractivity contribution in [2.45, 2.75) is 69.5 Å². The minimum Gasteiger partial charge on any atom is -0.461 e. The van der Waals surface area contributed by atoms with Crippen LogP contribution in [0.25, 0.3) is 32.1 Å². The number of benzene rings is 2. The fraction of sp³-hybridized carbons (Fsp3) is 0.486. The van der Waals surface area contributed by atoms with Crippen molar-refractivity contribution in [2.75, 3.05) is 49.2 Å². The van der Waals surface area contributed by atoms with E-state index in [0.29, 0.717) is 30.1 Å². The molecule has 3 aliphatic heterocycles. The molecule has 9 nitrogen and oxygen atoms in total. The van der Waals surface area contributed by atoms with Gasteiger partial charge in [-0.1, -0.05) is 6.07 Å². The summed E-state index contributed by atoms with van der Waals surface area (Å²) in [6.07, 6.45) is -4.27. The molecule has 5 heterocycles. The lowest BCUT2D eigenvalue weighted by atomic mass is 9.92. The number of nitrogens with two attached hydrogens (primary N) is 1. The average Bonchev–Trinajstić information content (AvgIpc) is 3.74. The molecule has 2 aromatic heterocycles. The zero-order chi connectivity index (χ0) is 37.3. The highest BCUT2D eigenvalue weighted by molar-refractivity contribution is 7.80. The molecule has 0 saturated carbocycles. The number of nitrogens with zero attached hydrogens (tertiary/aromatic N) is 6. The second-order valence-corrected chi connectivity index (χ2v) is 15.3. The Bertz CT molecular complexity index is 2120. The molecule has 52 heavy (non-hydrogen) atoms. The Labute approximate surface area is 304 Å². The summed E-state index contributed by atoms with van der Waals surface area (Å²) in [5, 5.41) is 9.22. The summed E-state index contributed by atoms with van der Waals surface area (Å²) < 4.78 is 97.9. The van der Waals surface area contributed by atoms with Crippen LogP contribution in [0.1, 0.15) is 50.7 Å². The zero-order valence-electron chi connectivity index (χ0n) is 28.2. The average molecular weight is 764 g/mol. The summed E-state index contributed by atoms with van der Waals surface area (Å²) in [6.45, 7) is 4.85. The number of hydrogen-bond donors (Lipinski definition) is 2. The molecule has 0 bridgehead atoms. The summed E-state index contributed by atoms with van der Waals surface area (Å²) in [6, 6.07) is 3.31. The number of piperazine rings is 1. The normalized spacial score (nSPS) is 23.8. The third kappa shape index (κ3) is 6.06. The van der Waals surface area contributed by atoms with E-state index in [1.165, 1.54) is 0 Å². The van der Waals surface area contributed by atoms with E-state index in [-0.39, 0.29) is 88.4 Å². The molecule has 3 saturated heterocycles. The van der Waals surface area contributed by atoms with Gasteiger partial charge in [0.2, 0.25) is 5.91 Å². The van der Waals surface area contributed by atoms with Gasteiger partial charge in [-0.25, -0.2) is 13.2 Å². The molecular weight excluding hydrogens is 729 g/mol. The highest BCUT2D eigenvalue weighted by Gasteiger charge is 2.49. The Balaban J connectivity index is 1.44. The van der Waals surface area contributed by atoms with Gasteiger partial charge in [0, 0.05) is 60.9 Å². The van der Waals surface area contributed by atoms with Gasteiger partial charge in [0.15, 0.2) is 5.82 Å². The van der Waals surface area contributed by atoms with E-state index in [2.05, 4.69) is 22.6 Å². The van der Waals surface area contributed by atoms with E-state index in [9.17, 15) is 18.8 Å². The van der Waals surface area contributed by atoms with E-state index in [0.717, 1.165) is 24.6 Å². The Morgan fingerprint density at radius 2 is 1.96 bits per heavy atom. The highest BCUT2D eigenvalue weighted by Crippen LogP contribution is 2.48. The number of nitrogen functional groups attached to an aromatic ring is 1. The van der Waals surface area contributed by atoms with Crippen molar-refractivity contribution in [2.24, 2.45) is 0 Å². The largest absolute Gasteiger partial charge is 0.461 e. The van der Waals surface area contributed by atoms with Crippen LogP contribution in [0.3, 0.4) is 0 Å². The van der Waals surface area contributed by atoms with Crippen LogP contribution in [0.5, 0.6) is 6.01 Å². The predicted molar refractivity (Wildman–Crippen MR) is 189 cm³/mol. The summed E-state index contributed by atoms with van der Waals surface area (Å²) in [5.41, 5.74) is 1.87. The molecule has 4 aromatic rings. The minimum absolute atomic E-state index is 0.0241. The second-order valence-electron chi connectivity index (χ2n) is 13.8. The lowest BCUT2D eigenvalue weighted by Crippen LogP contribution is -2.58. The van der Waals surface area contributed by atoms with Crippen molar-refractivity contribution in [3.63, 3.8) is 0 Å². The summed E-state index contributed by atoms with van der Waals surface area (Å²) in [5.74, 6) is -2.03. The molecule has 0 spiro atoms. The number of thiol groups is 1. The standard InChI is InChI=1S/C35H35F6N7O2S2/c1-17-14-48(18(2)13-47(17)25(49)6-9-51)32-21-10-23(35(39,40)41)27(20-4-5-24(37)30-26(20)22(12-42)31(43)52-30)28(38)29(21)44-33(45-32)50-16-34-7-3-8-46(34)15-19(36)11-34/h4-5,10,17-19,51H,3,6-9,11,13-16,43H2,1-2H3/t17-,18+,19-,34+/m1/s1. The quantitative estimate of drug-likeness (QED) is 0.154. The first-order chi connectivity index (χ1) is 24.7. The molecule has 276 valence electrons. The number of carbonyl (C=O) groups excluding carboxylic acids is 1. The van der Waals surface area contributed by atoms with E-state index >= 15 is 17.6 Å². The first-order valence-electron chi connectivity index (χ1n) is 16.9. The first-order valence-corrected chi connectivity index (χ1v) is 18.3. The third-order valence-electron chi connectivity index (χ3n) is 10.5. The van der Waals surface area contributed by atoms with E-state index in [1.54, 1.807) is 23.6 Å². The fourth-order valence-corrected chi connectivity index (χ4v) is 9.27. The molecule has 7 rings (SSSR count). The van der Waals surface area contributed by atoms with Gasteiger partial charge in [-0.05, 0) is 56.7 Å². The maximum atomic E-state index is 17.2. The maximum absolute atomic E-state index is 17.2. The van der Waals surface area contributed by atoms with Crippen LogP contribution in [0.2, 0.25) is 0 Å². The molecule has 0 unspecified atom stereocenters. The van der Waals surface area contributed by atoms with Crippen LogP contribution in [0.4, 0.5) is 37.2 Å². The number of halogens is 6.